The Hall–Kier alpha value is -2.22. The Morgan fingerprint density at radius 2 is 2.00 bits per heavy atom. The number of rotatable bonds is 4. The topological polar surface area (TPSA) is 81.5 Å². The summed E-state index contributed by atoms with van der Waals surface area (Å²) < 4.78 is 6.44. The molecule has 0 unspecified atom stereocenters. The van der Waals surface area contributed by atoms with E-state index in [2.05, 4.69) is 4.98 Å². The lowest BCUT2D eigenvalue weighted by Crippen LogP contribution is -2.46. The van der Waals surface area contributed by atoms with E-state index in [1.54, 1.807) is 13.8 Å². The van der Waals surface area contributed by atoms with E-state index in [0.717, 1.165) is 36.8 Å². The Morgan fingerprint density at radius 3 is 2.76 bits per heavy atom. The summed E-state index contributed by atoms with van der Waals surface area (Å²) in [6.45, 7) is 5.31. The zero-order valence-corrected chi connectivity index (χ0v) is 17.8. The largest absolute Gasteiger partial charge is 0.462 e. The zero-order valence-electron chi connectivity index (χ0n) is 17.0. The van der Waals surface area contributed by atoms with Crippen molar-refractivity contribution in [2.75, 3.05) is 19.7 Å². The number of hydrogen-bond acceptors (Lipinski definition) is 6. The number of carbonyl (C=O) groups excluding carboxylic acids is 2. The van der Waals surface area contributed by atoms with Crippen LogP contribution in [0, 0.1) is 18.8 Å². The Labute approximate surface area is 173 Å². The maximum absolute atomic E-state index is 13.0. The summed E-state index contributed by atoms with van der Waals surface area (Å²) in [4.78, 5) is 45.1. The number of likely N-dealkylation sites (tertiary alicyclic amines) is 1. The van der Waals surface area contributed by atoms with Crippen LogP contribution in [0.25, 0.3) is 10.2 Å². The highest BCUT2D eigenvalue weighted by molar-refractivity contribution is 7.20. The van der Waals surface area contributed by atoms with Gasteiger partial charge < -0.3 is 9.64 Å². The molecule has 0 radical (unpaired) electrons. The molecule has 1 aliphatic heterocycles. The third-order valence-corrected chi connectivity index (χ3v) is 7.51. The van der Waals surface area contributed by atoms with Crippen molar-refractivity contribution >= 4 is 33.4 Å². The summed E-state index contributed by atoms with van der Waals surface area (Å²) in [6.07, 6.45) is 7.53. The molecule has 0 spiro atoms. The first kappa shape index (κ1) is 20.1. The van der Waals surface area contributed by atoms with Crippen LogP contribution in [0.4, 0.5) is 0 Å². The lowest BCUT2D eigenvalue weighted by atomic mass is 9.75. The van der Waals surface area contributed by atoms with E-state index >= 15 is 0 Å². The Morgan fingerprint density at radius 1 is 1.24 bits per heavy atom. The van der Waals surface area contributed by atoms with Crippen molar-refractivity contribution in [3.05, 3.63) is 27.1 Å². The summed E-state index contributed by atoms with van der Waals surface area (Å²) in [5, 5.41) is 0.402. The number of fused-ring (bicyclic) bond motifs is 2. The van der Waals surface area contributed by atoms with E-state index in [1.807, 2.05) is 4.90 Å². The summed E-state index contributed by atoms with van der Waals surface area (Å²) in [5.41, 5.74) is 0.297. The van der Waals surface area contributed by atoms with Crippen molar-refractivity contribution in [3.63, 3.8) is 0 Å². The van der Waals surface area contributed by atoms with Gasteiger partial charge in [-0.2, -0.15) is 0 Å². The molecule has 2 aromatic heterocycles. The quantitative estimate of drug-likeness (QED) is 0.715. The lowest BCUT2D eigenvalue weighted by Gasteiger charge is -2.41. The molecule has 1 amide bonds. The fourth-order valence-corrected chi connectivity index (χ4v) is 5.77. The van der Waals surface area contributed by atoms with Crippen LogP contribution in [0.2, 0.25) is 0 Å². The molecule has 1 aliphatic carbocycles. The highest BCUT2D eigenvalue weighted by atomic mass is 32.1. The number of esters is 1. The lowest BCUT2D eigenvalue weighted by molar-refractivity contribution is -0.135. The van der Waals surface area contributed by atoms with Crippen molar-refractivity contribution in [2.24, 2.45) is 11.8 Å². The van der Waals surface area contributed by atoms with Crippen LogP contribution >= 0.6 is 11.3 Å². The standard InChI is InChI=1S/C21H27N3O4S/c1-3-28-21(27)18-13(2)17-19(29-18)22-12-24(20(17)26)11-16(25)23-9-8-14-6-4-5-7-15(14)10-23/h12,14-15H,3-11H2,1-2H3/t14-,15+/m1/s1. The average Bonchev–Trinajstić information content (AvgIpc) is 3.07. The Balaban J connectivity index is 1.54. The molecule has 3 heterocycles. The van der Waals surface area contributed by atoms with Gasteiger partial charge in [0.2, 0.25) is 5.91 Å². The molecule has 29 heavy (non-hydrogen) atoms. The Kier molecular flexibility index (Phi) is 5.72. The van der Waals surface area contributed by atoms with Gasteiger partial charge in [0, 0.05) is 13.1 Å². The summed E-state index contributed by atoms with van der Waals surface area (Å²) >= 11 is 1.16. The van der Waals surface area contributed by atoms with Gasteiger partial charge >= 0.3 is 5.97 Å². The minimum absolute atomic E-state index is 0.0107. The van der Waals surface area contributed by atoms with Gasteiger partial charge in [-0.05, 0) is 44.1 Å². The summed E-state index contributed by atoms with van der Waals surface area (Å²) in [5.74, 6) is 0.884. The first-order valence-corrected chi connectivity index (χ1v) is 11.2. The third-order valence-electron chi connectivity index (χ3n) is 6.33. The monoisotopic (exact) mass is 417 g/mol. The molecule has 4 rings (SSSR count). The molecule has 7 nitrogen and oxygen atoms in total. The Bertz CT molecular complexity index is 996. The molecule has 156 valence electrons. The van der Waals surface area contributed by atoms with Crippen molar-refractivity contribution in [3.8, 4) is 0 Å². The van der Waals surface area contributed by atoms with Gasteiger partial charge in [0.1, 0.15) is 16.3 Å². The summed E-state index contributed by atoms with van der Waals surface area (Å²) in [6, 6.07) is 0. The second kappa shape index (κ2) is 8.26. The highest BCUT2D eigenvalue weighted by Crippen LogP contribution is 2.36. The first-order valence-electron chi connectivity index (χ1n) is 10.4. The van der Waals surface area contributed by atoms with Crippen LogP contribution in [-0.2, 0) is 16.1 Å². The highest BCUT2D eigenvalue weighted by Gasteiger charge is 2.33. The molecule has 2 aliphatic rings. The second-order valence-corrected chi connectivity index (χ2v) is 9.07. The minimum atomic E-state index is -0.439. The van der Waals surface area contributed by atoms with E-state index < -0.39 is 5.97 Å². The predicted molar refractivity (Wildman–Crippen MR) is 111 cm³/mol. The van der Waals surface area contributed by atoms with Gasteiger partial charge in [0.15, 0.2) is 0 Å². The van der Waals surface area contributed by atoms with Crippen LogP contribution in [-0.4, -0.2) is 46.0 Å². The van der Waals surface area contributed by atoms with Crippen LogP contribution in [0.5, 0.6) is 0 Å². The first-order chi connectivity index (χ1) is 14.0. The number of carbonyl (C=O) groups is 2. The maximum atomic E-state index is 13.0. The van der Waals surface area contributed by atoms with Crippen LogP contribution < -0.4 is 5.56 Å². The van der Waals surface area contributed by atoms with E-state index in [4.69, 9.17) is 4.74 Å². The van der Waals surface area contributed by atoms with Gasteiger partial charge in [0.25, 0.3) is 5.56 Å². The normalized spacial score (nSPS) is 21.8. The number of amides is 1. The van der Waals surface area contributed by atoms with E-state index in [0.29, 0.717) is 26.6 Å². The molecule has 2 atom stereocenters. The van der Waals surface area contributed by atoms with E-state index in [9.17, 15) is 14.4 Å². The van der Waals surface area contributed by atoms with E-state index in [-0.39, 0.29) is 24.6 Å². The molecular weight excluding hydrogens is 390 g/mol. The van der Waals surface area contributed by atoms with Crippen LogP contribution in [0.15, 0.2) is 11.1 Å². The maximum Gasteiger partial charge on any atom is 0.348 e. The minimum Gasteiger partial charge on any atom is -0.462 e. The molecule has 1 saturated carbocycles. The molecule has 0 bridgehead atoms. The van der Waals surface area contributed by atoms with E-state index in [1.165, 1.54) is 36.6 Å². The van der Waals surface area contributed by atoms with Gasteiger partial charge in [-0.15, -0.1) is 11.3 Å². The van der Waals surface area contributed by atoms with Crippen LogP contribution in [0.1, 0.15) is 54.3 Å². The number of hydrogen-bond donors (Lipinski definition) is 0. The predicted octanol–water partition coefficient (Wildman–Crippen LogP) is 2.98. The second-order valence-electron chi connectivity index (χ2n) is 8.07. The van der Waals surface area contributed by atoms with Gasteiger partial charge in [-0.25, -0.2) is 9.78 Å². The van der Waals surface area contributed by atoms with Gasteiger partial charge in [0.05, 0.1) is 18.3 Å². The summed E-state index contributed by atoms with van der Waals surface area (Å²) in [7, 11) is 0. The SMILES string of the molecule is CCOC(=O)c1sc2ncn(CC(=O)N3CC[C@H]4CCCC[C@H]4C3)c(=O)c2c1C. The molecule has 0 N–H and O–H groups in total. The number of aromatic nitrogens is 2. The molecule has 8 heteroatoms. The average molecular weight is 418 g/mol. The number of nitrogens with zero attached hydrogens (tertiary/aromatic N) is 3. The molecule has 0 aromatic carbocycles. The molecule has 1 saturated heterocycles. The molecule has 2 aromatic rings. The van der Waals surface area contributed by atoms with Crippen molar-refractivity contribution < 1.29 is 14.3 Å². The van der Waals surface area contributed by atoms with Crippen molar-refractivity contribution in [2.45, 2.75) is 52.5 Å². The number of aryl methyl sites for hydroxylation is 1. The van der Waals surface area contributed by atoms with Gasteiger partial charge in [-0.3, -0.25) is 14.2 Å². The molecule has 2 fully saturated rings. The fourth-order valence-electron chi connectivity index (χ4n) is 4.74. The number of thiophene rings is 1. The number of piperidine rings is 1. The van der Waals surface area contributed by atoms with Crippen LogP contribution in [0.3, 0.4) is 0 Å². The fraction of sp³-hybridized carbons (Fsp3) is 0.619. The number of ether oxygens (including phenoxy) is 1. The smallest absolute Gasteiger partial charge is 0.348 e. The third kappa shape index (κ3) is 3.82. The zero-order chi connectivity index (χ0) is 20.5. The van der Waals surface area contributed by atoms with Crippen molar-refractivity contribution in [1.82, 2.24) is 14.5 Å². The molecular formula is C21H27N3O4S. The van der Waals surface area contributed by atoms with Crippen molar-refractivity contribution in [1.29, 1.82) is 0 Å². The van der Waals surface area contributed by atoms with Gasteiger partial charge in [-0.1, -0.05) is 19.3 Å².